The number of carbonyl (C=O) groups excluding carboxylic acids is 2. The number of nitro benzene ring substituents is 1. The third-order valence-corrected chi connectivity index (χ3v) is 3.44. The topological polar surface area (TPSA) is 114 Å². The monoisotopic (exact) mass is 354 g/mol. The average molecular weight is 354 g/mol. The third-order valence-electron chi connectivity index (χ3n) is 3.44. The van der Waals surface area contributed by atoms with Gasteiger partial charge in [0, 0.05) is 23.2 Å². The van der Waals surface area contributed by atoms with Crippen LogP contribution >= 0.6 is 0 Å². The molecule has 2 amide bonds. The van der Waals surface area contributed by atoms with Crippen LogP contribution in [0.25, 0.3) is 0 Å². The number of hydrogen-bond acceptors (Lipinski definition) is 5. The largest absolute Gasteiger partial charge is 0.326 e. The molecule has 0 radical (unpaired) electrons. The summed E-state index contributed by atoms with van der Waals surface area (Å²) in [5, 5.41) is 17.4. The Balaban J connectivity index is 2.00. The van der Waals surface area contributed by atoms with Crippen LogP contribution in [0.2, 0.25) is 0 Å². The molecule has 0 fully saturated rings. The zero-order valence-electron chi connectivity index (χ0n) is 14.3. The Labute approximate surface area is 150 Å². The van der Waals surface area contributed by atoms with Gasteiger partial charge in [0.25, 0.3) is 11.6 Å². The SMILES string of the molecule is CC(C)C(=O)Nc1ccc(C(=O)NN=Cc2ccccc2[N+](=O)[O-])cc1. The standard InChI is InChI=1S/C18H18N4O4/c1-12(2)17(23)20-15-9-7-13(8-10-15)18(24)21-19-11-14-5-3-4-6-16(14)22(25)26/h3-12H,1-2H3,(H,20,23)(H,21,24). The van der Waals surface area contributed by atoms with Gasteiger partial charge in [0.1, 0.15) is 0 Å². The molecular weight excluding hydrogens is 336 g/mol. The van der Waals surface area contributed by atoms with E-state index in [2.05, 4.69) is 15.8 Å². The fourth-order valence-corrected chi connectivity index (χ4v) is 1.98. The quantitative estimate of drug-likeness (QED) is 0.471. The minimum Gasteiger partial charge on any atom is -0.326 e. The first-order valence-corrected chi connectivity index (χ1v) is 7.86. The van der Waals surface area contributed by atoms with E-state index in [1.165, 1.54) is 18.3 Å². The lowest BCUT2D eigenvalue weighted by Gasteiger charge is -2.08. The molecular formula is C18H18N4O4. The fraction of sp³-hybridized carbons (Fsp3) is 0.167. The molecule has 2 rings (SSSR count). The minimum absolute atomic E-state index is 0.101. The molecule has 0 atom stereocenters. The van der Waals surface area contributed by atoms with Crippen molar-refractivity contribution in [2.45, 2.75) is 13.8 Å². The fourth-order valence-electron chi connectivity index (χ4n) is 1.98. The highest BCUT2D eigenvalue weighted by Crippen LogP contribution is 2.15. The molecule has 0 saturated carbocycles. The van der Waals surface area contributed by atoms with Crippen molar-refractivity contribution in [3.63, 3.8) is 0 Å². The van der Waals surface area contributed by atoms with E-state index in [1.54, 1.807) is 50.2 Å². The Kier molecular flexibility index (Phi) is 6.15. The van der Waals surface area contributed by atoms with Crippen LogP contribution in [0.4, 0.5) is 11.4 Å². The summed E-state index contributed by atoms with van der Waals surface area (Å²) < 4.78 is 0. The first-order valence-electron chi connectivity index (χ1n) is 7.86. The van der Waals surface area contributed by atoms with Crippen molar-refractivity contribution in [3.8, 4) is 0 Å². The minimum atomic E-state index is -0.520. The van der Waals surface area contributed by atoms with Crippen molar-refractivity contribution in [1.82, 2.24) is 5.43 Å². The zero-order chi connectivity index (χ0) is 19.1. The van der Waals surface area contributed by atoms with Crippen molar-refractivity contribution in [1.29, 1.82) is 0 Å². The van der Waals surface area contributed by atoms with Crippen LogP contribution in [0, 0.1) is 16.0 Å². The predicted octanol–water partition coefficient (Wildman–Crippen LogP) is 2.95. The molecule has 2 aromatic carbocycles. The lowest BCUT2D eigenvalue weighted by Crippen LogP contribution is -2.19. The van der Waals surface area contributed by atoms with Gasteiger partial charge in [0.05, 0.1) is 16.7 Å². The smallest absolute Gasteiger partial charge is 0.278 e. The summed E-state index contributed by atoms with van der Waals surface area (Å²) in [7, 11) is 0. The van der Waals surface area contributed by atoms with Crippen molar-refractivity contribution in [2.75, 3.05) is 5.32 Å². The van der Waals surface area contributed by atoms with Gasteiger partial charge in [0.15, 0.2) is 0 Å². The summed E-state index contributed by atoms with van der Waals surface area (Å²) >= 11 is 0. The van der Waals surface area contributed by atoms with Crippen LogP contribution in [-0.2, 0) is 4.79 Å². The molecule has 8 nitrogen and oxygen atoms in total. The van der Waals surface area contributed by atoms with Crippen LogP contribution in [0.15, 0.2) is 53.6 Å². The molecule has 0 aromatic heterocycles. The number of hydrogen-bond donors (Lipinski definition) is 2. The van der Waals surface area contributed by atoms with Crippen molar-refractivity contribution in [2.24, 2.45) is 11.0 Å². The lowest BCUT2D eigenvalue weighted by molar-refractivity contribution is -0.385. The summed E-state index contributed by atoms with van der Waals surface area (Å²) in [6.07, 6.45) is 1.22. The summed E-state index contributed by atoms with van der Waals surface area (Å²) in [5.41, 5.74) is 3.42. The third kappa shape index (κ3) is 4.97. The van der Waals surface area contributed by atoms with E-state index in [0.29, 0.717) is 11.3 Å². The average Bonchev–Trinajstić information content (AvgIpc) is 2.62. The van der Waals surface area contributed by atoms with Crippen LogP contribution in [0.5, 0.6) is 0 Å². The Hall–Kier alpha value is -3.55. The van der Waals surface area contributed by atoms with E-state index in [1.807, 2.05) is 0 Å². The number of hydrazone groups is 1. The first kappa shape index (κ1) is 18.8. The van der Waals surface area contributed by atoms with Gasteiger partial charge >= 0.3 is 0 Å². The molecule has 0 aliphatic heterocycles. The van der Waals surface area contributed by atoms with Gasteiger partial charge in [-0.1, -0.05) is 26.0 Å². The predicted molar refractivity (Wildman–Crippen MR) is 98.1 cm³/mol. The number of anilines is 1. The van der Waals surface area contributed by atoms with Gasteiger partial charge < -0.3 is 5.32 Å². The number of carbonyl (C=O) groups is 2. The van der Waals surface area contributed by atoms with E-state index >= 15 is 0 Å². The van der Waals surface area contributed by atoms with Crippen LogP contribution < -0.4 is 10.7 Å². The van der Waals surface area contributed by atoms with Gasteiger partial charge in [0.2, 0.25) is 5.91 Å². The highest BCUT2D eigenvalue weighted by molar-refractivity contribution is 5.96. The van der Waals surface area contributed by atoms with E-state index in [9.17, 15) is 19.7 Å². The number of para-hydroxylation sites is 1. The van der Waals surface area contributed by atoms with E-state index in [0.717, 1.165) is 0 Å². The summed E-state index contributed by atoms with van der Waals surface area (Å²) in [5.74, 6) is -0.729. The maximum absolute atomic E-state index is 12.0. The van der Waals surface area contributed by atoms with E-state index < -0.39 is 10.8 Å². The Morgan fingerprint density at radius 1 is 1.12 bits per heavy atom. The molecule has 2 aromatic rings. The maximum Gasteiger partial charge on any atom is 0.278 e. The molecule has 134 valence electrons. The highest BCUT2D eigenvalue weighted by Gasteiger charge is 2.11. The number of nitro groups is 1. The van der Waals surface area contributed by atoms with Crippen LogP contribution in [0.1, 0.15) is 29.8 Å². The highest BCUT2D eigenvalue weighted by atomic mass is 16.6. The summed E-state index contributed by atoms with van der Waals surface area (Å²) in [6, 6.07) is 12.4. The number of benzene rings is 2. The molecule has 0 unspecified atom stereocenters. The summed E-state index contributed by atoms with van der Waals surface area (Å²) in [6.45, 7) is 3.57. The Bertz CT molecular complexity index is 845. The number of nitrogens with zero attached hydrogens (tertiary/aromatic N) is 2. The summed E-state index contributed by atoms with van der Waals surface area (Å²) in [4.78, 5) is 34.1. The van der Waals surface area contributed by atoms with Crippen molar-refractivity contribution < 1.29 is 14.5 Å². The van der Waals surface area contributed by atoms with Gasteiger partial charge in [-0.25, -0.2) is 5.43 Å². The van der Waals surface area contributed by atoms with Gasteiger partial charge in [-0.15, -0.1) is 0 Å². The number of rotatable bonds is 6. The van der Waals surface area contributed by atoms with Gasteiger partial charge in [-0.2, -0.15) is 5.10 Å². The van der Waals surface area contributed by atoms with Crippen LogP contribution in [-0.4, -0.2) is 23.0 Å². The zero-order valence-corrected chi connectivity index (χ0v) is 14.3. The molecule has 0 heterocycles. The molecule has 8 heteroatoms. The molecule has 0 saturated heterocycles. The number of nitrogens with one attached hydrogen (secondary N) is 2. The molecule has 0 aliphatic carbocycles. The molecule has 0 spiro atoms. The molecule has 2 N–H and O–H groups in total. The number of amides is 2. The Morgan fingerprint density at radius 3 is 2.38 bits per heavy atom. The molecule has 26 heavy (non-hydrogen) atoms. The second-order valence-corrected chi connectivity index (χ2v) is 5.74. The maximum atomic E-state index is 12.0. The van der Waals surface area contributed by atoms with Crippen LogP contribution in [0.3, 0.4) is 0 Å². The second kappa shape index (κ2) is 8.52. The van der Waals surface area contributed by atoms with E-state index in [4.69, 9.17) is 0 Å². The van der Waals surface area contributed by atoms with Crippen molar-refractivity contribution >= 4 is 29.4 Å². The second-order valence-electron chi connectivity index (χ2n) is 5.74. The molecule has 0 bridgehead atoms. The first-order chi connectivity index (χ1) is 12.4. The van der Waals surface area contributed by atoms with Crippen molar-refractivity contribution in [3.05, 3.63) is 69.8 Å². The normalized spacial score (nSPS) is 10.7. The molecule has 0 aliphatic rings. The van der Waals surface area contributed by atoms with Gasteiger partial charge in [-0.3, -0.25) is 19.7 Å². The van der Waals surface area contributed by atoms with Gasteiger partial charge in [-0.05, 0) is 30.3 Å². The Morgan fingerprint density at radius 2 is 1.77 bits per heavy atom. The lowest BCUT2D eigenvalue weighted by atomic mass is 10.1. The van der Waals surface area contributed by atoms with E-state index in [-0.39, 0.29) is 23.1 Å².